The monoisotopic (exact) mass is 723 g/mol. The van der Waals surface area contributed by atoms with E-state index >= 15 is 0 Å². The molecule has 0 saturated carbocycles. The lowest BCUT2D eigenvalue weighted by Crippen LogP contribution is -2.16. The maximum atomic E-state index is 9.69. The molecule has 56 heavy (non-hydrogen) atoms. The minimum absolute atomic E-state index is 0.109. The standard InChI is InChI=1S/C55H41N/c1-55(2)53-21-9-8-18-51(53)52-20-11-19-50(54(52)55)42-28-34-49(35-29-42)56(47-30-24-40(25-31-47)38-12-4-3-5-13-38)48-32-26-41(27-33-48)44-16-10-17-45(36-44)46-23-22-39-14-6-7-15-43(39)37-46/h3-37H,1-2H3/i26D,27D,28D,29D,32D,33D,34D,35D. The molecule has 9 aromatic rings. The summed E-state index contributed by atoms with van der Waals surface area (Å²) in [6.07, 6.45) is 0. The Hall–Kier alpha value is -6.96. The Balaban J connectivity index is 1.16. The van der Waals surface area contributed by atoms with Gasteiger partial charge in [-0.15, -0.1) is 0 Å². The van der Waals surface area contributed by atoms with Crippen LogP contribution in [-0.2, 0) is 5.41 Å². The van der Waals surface area contributed by atoms with Gasteiger partial charge in [0.15, 0.2) is 0 Å². The molecule has 266 valence electrons. The summed E-state index contributed by atoms with van der Waals surface area (Å²) in [5, 5.41) is 2.17. The zero-order valence-corrected chi connectivity index (χ0v) is 31.0. The minimum Gasteiger partial charge on any atom is -0.311 e. The van der Waals surface area contributed by atoms with Gasteiger partial charge >= 0.3 is 0 Å². The molecule has 10 rings (SSSR count). The molecule has 1 aliphatic carbocycles. The van der Waals surface area contributed by atoms with Crippen molar-refractivity contribution in [2.75, 3.05) is 4.90 Å². The van der Waals surface area contributed by atoms with E-state index in [4.69, 9.17) is 0 Å². The summed E-state index contributed by atoms with van der Waals surface area (Å²) < 4.78 is 76.8. The number of fused-ring (bicyclic) bond motifs is 4. The molecule has 1 aliphatic rings. The first-order valence-corrected chi connectivity index (χ1v) is 18.9. The molecule has 0 spiro atoms. The summed E-state index contributed by atoms with van der Waals surface area (Å²) in [5.41, 5.74) is 8.52. The maximum Gasteiger partial charge on any atom is 0.0645 e. The van der Waals surface area contributed by atoms with Gasteiger partial charge in [-0.25, -0.2) is 0 Å². The van der Waals surface area contributed by atoms with E-state index < -0.39 is 5.41 Å². The Kier molecular flexibility index (Phi) is 6.36. The van der Waals surface area contributed by atoms with E-state index in [0.29, 0.717) is 16.8 Å². The van der Waals surface area contributed by atoms with Gasteiger partial charge < -0.3 is 4.90 Å². The van der Waals surface area contributed by atoms with Crippen LogP contribution in [-0.4, -0.2) is 0 Å². The number of anilines is 3. The van der Waals surface area contributed by atoms with Crippen molar-refractivity contribution >= 4 is 27.8 Å². The fraction of sp³-hybridized carbons (Fsp3) is 0.0545. The molecule has 0 heterocycles. The van der Waals surface area contributed by atoms with Crippen molar-refractivity contribution in [2.45, 2.75) is 19.3 Å². The van der Waals surface area contributed by atoms with E-state index in [2.05, 4.69) is 32.0 Å². The largest absolute Gasteiger partial charge is 0.311 e. The van der Waals surface area contributed by atoms with Gasteiger partial charge in [-0.2, -0.15) is 0 Å². The number of rotatable bonds is 7. The molecule has 0 radical (unpaired) electrons. The maximum absolute atomic E-state index is 9.69. The van der Waals surface area contributed by atoms with Crippen molar-refractivity contribution < 1.29 is 11.0 Å². The van der Waals surface area contributed by atoms with Gasteiger partial charge in [-0.05, 0) is 126 Å². The Labute approximate surface area is 341 Å². The third-order valence-electron chi connectivity index (χ3n) is 11.0. The first-order valence-electron chi connectivity index (χ1n) is 22.9. The molecule has 0 aromatic heterocycles. The van der Waals surface area contributed by atoms with Gasteiger partial charge in [0.05, 0.1) is 11.0 Å². The average molecular weight is 724 g/mol. The van der Waals surface area contributed by atoms with Crippen molar-refractivity contribution in [3.63, 3.8) is 0 Å². The number of benzene rings is 9. The normalized spacial score (nSPS) is 14.6. The lowest BCUT2D eigenvalue weighted by Gasteiger charge is -2.27. The van der Waals surface area contributed by atoms with Gasteiger partial charge in [0.1, 0.15) is 0 Å². The Morgan fingerprint density at radius 1 is 0.357 bits per heavy atom. The molecule has 0 amide bonds. The smallest absolute Gasteiger partial charge is 0.0645 e. The highest BCUT2D eigenvalue weighted by molar-refractivity contribution is 5.90. The summed E-state index contributed by atoms with van der Waals surface area (Å²) in [7, 11) is 0. The van der Waals surface area contributed by atoms with Gasteiger partial charge in [0, 0.05) is 22.5 Å². The Morgan fingerprint density at radius 3 is 1.62 bits per heavy atom. The lowest BCUT2D eigenvalue weighted by molar-refractivity contribution is 0.662. The molecule has 0 bridgehead atoms. The van der Waals surface area contributed by atoms with E-state index in [1.54, 1.807) is 18.2 Å². The number of nitrogens with zero attached hydrogens (tertiary/aromatic N) is 1. The molecule has 0 N–H and O–H groups in total. The van der Waals surface area contributed by atoms with Crippen LogP contribution in [0.5, 0.6) is 0 Å². The van der Waals surface area contributed by atoms with E-state index in [1.807, 2.05) is 127 Å². The predicted molar refractivity (Wildman–Crippen MR) is 238 cm³/mol. The van der Waals surface area contributed by atoms with Crippen molar-refractivity contribution in [1.82, 2.24) is 0 Å². The Bertz CT molecular complexity index is 3280. The summed E-state index contributed by atoms with van der Waals surface area (Å²) in [6, 6.07) is 49.9. The summed E-state index contributed by atoms with van der Waals surface area (Å²) in [6.45, 7) is 4.22. The van der Waals surface area contributed by atoms with Crippen LogP contribution < -0.4 is 4.90 Å². The number of hydrogen-bond donors (Lipinski definition) is 0. The van der Waals surface area contributed by atoms with Crippen molar-refractivity contribution in [3.05, 3.63) is 223 Å². The lowest BCUT2D eigenvalue weighted by atomic mass is 9.79. The van der Waals surface area contributed by atoms with Crippen LogP contribution in [0.25, 0.3) is 66.4 Å². The average Bonchev–Trinajstić information content (AvgIpc) is 3.56. The SMILES string of the molecule is [2H]c1c([2H])c(N(c2ccc(-c3ccccc3)cc2)c2c([2H])c([2H])c(-c3cccc4c3C(C)(C)c3ccccc3-4)c([2H])c2[2H])c([2H])c([2H])c1-c1cccc(-c2ccc3ccccc3c2)c1. The number of hydrogen-bond acceptors (Lipinski definition) is 1. The van der Waals surface area contributed by atoms with Gasteiger partial charge in [-0.1, -0.05) is 178 Å². The topological polar surface area (TPSA) is 3.24 Å². The molecule has 1 heteroatoms. The first-order chi connectivity index (χ1) is 30.9. The Morgan fingerprint density at radius 2 is 0.875 bits per heavy atom. The molecular weight excluding hydrogens is 675 g/mol. The molecule has 0 saturated heterocycles. The van der Waals surface area contributed by atoms with Crippen molar-refractivity contribution in [2.24, 2.45) is 0 Å². The van der Waals surface area contributed by atoms with Crippen LogP contribution >= 0.6 is 0 Å². The summed E-state index contributed by atoms with van der Waals surface area (Å²) >= 11 is 0. The fourth-order valence-electron chi connectivity index (χ4n) is 8.20. The minimum atomic E-state index is -0.497. The molecule has 1 nitrogen and oxygen atoms in total. The molecule has 9 aromatic carbocycles. The third kappa shape index (κ3) is 5.90. The van der Waals surface area contributed by atoms with Crippen LogP contribution in [0.15, 0.2) is 212 Å². The molecule has 0 fully saturated rings. The second-order valence-corrected chi connectivity index (χ2v) is 14.7. The first kappa shape index (κ1) is 26.0. The van der Waals surface area contributed by atoms with Crippen molar-refractivity contribution in [1.29, 1.82) is 0 Å². The van der Waals surface area contributed by atoms with Crippen LogP contribution in [0.4, 0.5) is 17.1 Å². The predicted octanol–water partition coefficient (Wildman–Crippen LogP) is 15.3. The van der Waals surface area contributed by atoms with Crippen molar-refractivity contribution in [3.8, 4) is 55.6 Å². The molecule has 0 atom stereocenters. The van der Waals surface area contributed by atoms with Crippen LogP contribution in [0.2, 0.25) is 0 Å². The van der Waals surface area contributed by atoms with E-state index in [9.17, 15) is 11.0 Å². The third-order valence-corrected chi connectivity index (χ3v) is 11.0. The van der Waals surface area contributed by atoms with E-state index in [-0.39, 0.29) is 70.8 Å². The fourth-order valence-corrected chi connectivity index (χ4v) is 8.20. The zero-order valence-electron chi connectivity index (χ0n) is 39.0. The zero-order chi connectivity index (χ0) is 44.6. The summed E-state index contributed by atoms with van der Waals surface area (Å²) in [5.74, 6) is 0. The quantitative estimate of drug-likeness (QED) is 0.158. The van der Waals surface area contributed by atoms with E-state index in [1.165, 1.54) is 4.90 Å². The van der Waals surface area contributed by atoms with Crippen LogP contribution in [0, 0.1) is 0 Å². The van der Waals surface area contributed by atoms with E-state index in [0.717, 1.165) is 55.3 Å². The van der Waals surface area contributed by atoms with Gasteiger partial charge in [0.2, 0.25) is 0 Å². The van der Waals surface area contributed by atoms with Crippen LogP contribution in [0.1, 0.15) is 35.9 Å². The highest BCUT2D eigenvalue weighted by Crippen LogP contribution is 2.52. The molecule has 0 unspecified atom stereocenters. The van der Waals surface area contributed by atoms with Gasteiger partial charge in [-0.3, -0.25) is 0 Å². The second kappa shape index (κ2) is 13.7. The molecular formula is C55H41N. The highest BCUT2D eigenvalue weighted by Gasteiger charge is 2.37. The summed E-state index contributed by atoms with van der Waals surface area (Å²) in [4.78, 5) is 1.37. The molecule has 0 aliphatic heterocycles. The second-order valence-electron chi connectivity index (χ2n) is 14.7. The van der Waals surface area contributed by atoms with Gasteiger partial charge in [0.25, 0.3) is 0 Å². The highest BCUT2D eigenvalue weighted by atomic mass is 15.1. The van der Waals surface area contributed by atoms with Crippen LogP contribution in [0.3, 0.4) is 0 Å².